The highest BCUT2D eigenvalue weighted by atomic mass is 32.2. The Kier molecular flexibility index (Phi) is 15.3. The lowest BCUT2D eigenvalue weighted by Gasteiger charge is -2.02. The Morgan fingerprint density at radius 2 is 1.11 bits per heavy atom. The molecule has 0 rings (SSSR count). The fourth-order valence-corrected chi connectivity index (χ4v) is 2.85. The minimum absolute atomic E-state index is 0.792. The summed E-state index contributed by atoms with van der Waals surface area (Å²) >= 11 is 0. The van der Waals surface area contributed by atoms with Crippen molar-refractivity contribution in [2.24, 2.45) is 0 Å². The summed E-state index contributed by atoms with van der Waals surface area (Å²) in [5, 5.41) is 0. The van der Waals surface area contributed by atoms with Gasteiger partial charge in [0.1, 0.15) is 0 Å². The largest absolute Gasteiger partial charge is 0.243 e. The van der Waals surface area contributed by atoms with E-state index < -0.39 is 11.0 Å². The van der Waals surface area contributed by atoms with Crippen molar-refractivity contribution >= 4 is 11.0 Å². The van der Waals surface area contributed by atoms with Gasteiger partial charge in [-0.05, 0) is 13.5 Å². The van der Waals surface area contributed by atoms with Crippen molar-refractivity contribution in [1.82, 2.24) is 4.72 Å². The van der Waals surface area contributed by atoms with E-state index in [-0.39, 0.29) is 0 Å². The fraction of sp³-hybridized carbons (Fsp3) is 1.00. The Bertz CT molecular complexity index is 185. The van der Waals surface area contributed by atoms with Crippen LogP contribution in [0.5, 0.6) is 0 Å². The molecule has 0 aromatic carbocycles. The van der Waals surface area contributed by atoms with Crippen LogP contribution in [0.15, 0.2) is 0 Å². The third-order valence-corrected chi connectivity index (χ3v) is 4.53. The van der Waals surface area contributed by atoms with Crippen molar-refractivity contribution in [2.45, 2.75) is 84.0 Å². The number of unbranched alkanes of at least 4 members (excludes halogenated alkanes) is 11. The van der Waals surface area contributed by atoms with E-state index in [1.807, 2.05) is 0 Å². The Morgan fingerprint density at radius 3 is 1.50 bits per heavy atom. The van der Waals surface area contributed by atoms with Gasteiger partial charge in [-0.2, -0.15) is 0 Å². The lowest BCUT2D eigenvalue weighted by Crippen LogP contribution is -2.13. The van der Waals surface area contributed by atoms with Crippen LogP contribution < -0.4 is 4.72 Å². The Hall–Kier alpha value is 0.110. The molecule has 0 aliphatic heterocycles. The molecule has 1 atom stereocenters. The van der Waals surface area contributed by atoms with Gasteiger partial charge in [-0.25, -0.2) is 8.93 Å². The Labute approximate surface area is 117 Å². The molecule has 0 heterocycles. The molecule has 0 saturated carbocycles. The lowest BCUT2D eigenvalue weighted by molar-refractivity contribution is 0.548. The normalized spacial score (nSPS) is 12.8. The van der Waals surface area contributed by atoms with Crippen LogP contribution in [0.25, 0.3) is 0 Å². The zero-order valence-electron chi connectivity index (χ0n) is 12.5. The maximum Gasteiger partial charge on any atom is 0.0912 e. The first-order valence-electron chi connectivity index (χ1n) is 7.87. The maximum absolute atomic E-state index is 11.1. The van der Waals surface area contributed by atoms with Crippen molar-refractivity contribution in [1.29, 1.82) is 0 Å². The van der Waals surface area contributed by atoms with E-state index >= 15 is 0 Å². The standard InChI is InChI=1S/C15H33NOS/c1-3-4-5-6-7-8-9-10-11-12-13-14-15-18(17)16-2/h16H,3-15H2,1-2H3. The highest BCUT2D eigenvalue weighted by molar-refractivity contribution is 7.82. The minimum atomic E-state index is -0.792. The molecule has 0 amide bonds. The summed E-state index contributed by atoms with van der Waals surface area (Å²) < 4.78 is 13.9. The maximum atomic E-state index is 11.1. The first-order valence-corrected chi connectivity index (χ1v) is 9.19. The second kappa shape index (κ2) is 15.2. The summed E-state index contributed by atoms with van der Waals surface area (Å²) in [4.78, 5) is 0. The summed E-state index contributed by atoms with van der Waals surface area (Å²) in [6.07, 6.45) is 16.3. The molecule has 0 fully saturated rings. The van der Waals surface area contributed by atoms with Crippen molar-refractivity contribution in [3.63, 3.8) is 0 Å². The van der Waals surface area contributed by atoms with Gasteiger partial charge in [0.25, 0.3) is 0 Å². The Balaban J connectivity index is 2.97. The number of hydrogen-bond acceptors (Lipinski definition) is 1. The fourth-order valence-electron chi connectivity index (χ4n) is 2.18. The molecule has 0 aromatic rings. The van der Waals surface area contributed by atoms with Gasteiger partial charge in [0.15, 0.2) is 0 Å². The van der Waals surface area contributed by atoms with E-state index in [0.717, 1.165) is 12.2 Å². The first kappa shape index (κ1) is 18.1. The van der Waals surface area contributed by atoms with Gasteiger partial charge in [0.2, 0.25) is 0 Å². The SMILES string of the molecule is CCCCCCCCCCCCCCS(=O)NC. The van der Waals surface area contributed by atoms with Gasteiger partial charge in [-0.3, -0.25) is 0 Å². The zero-order chi connectivity index (χ0) is 13.5. The molecule has 0 aliphatic rings. The molecule has 1 unspecified atom stereocenters. The molecular weight excluding hydrogens is 242 g/mol. The summed E-state index contributed by atoms with van der Waals surface area (Å²) in [6.45, 7) is 2.27. The average molecular weight is 276 g/mol. The van der Waals surface area contributed by atoms with Crippen LogP contribution in [-0.2, 0) is 11.0 Å². The van der Waals surface area contributed by atoms with Crippen molar-refractivity contribution < 1.29 is 4.21 Å². The summed E-state index contributed by atoms with van der Waals surface area (Å²) in [5.41, 5.74) is 0. The number of nitrogens with one attached hydrogen (secondary N) is 1. The van der Waals surface area contributed by atoms with Gasteiger partial charge < -0.3 is 0 Å². The molecule has 0 radical (unpaired) electrons. The molecule has 0 bridgehead atoms. The van der Waals surface area contributed by atoms with Crippen molar-refractivity contribution in [3.8, 4) is 0 Å². The predicted octanol–water partition coefficient (Wildman–Crippen LogP) is 4.57. The lowest BCUT2D eigenvalue weighted by atomic mass is 10.1. The van der Waals surface area contributed by atoms with Crippen LogP contribution in [0.4, 0.5) is 0 Å². The van der Waals surface area contributed by atoms with Crippen LogP contribution in [0.1, 0.15) is 84.0 Å². The number of hydrogen-bond donors (Lipinski definition) is 1. The van der Waals surface area contributed by atoms with Gasteiger partial charge >= 0.3 is 0 Å². The minimum Gasteiger partial charge on any atom is -0.243 e. The highest BCUT2D eigenvalue weighted by Crippen LogP contribution is 2.11. The van der Waals surface area contributed by atoms with Crippen LogP contribution in [0, 0.1) is 0 Å². The van der Waals surface area contributed by atoms with E-state index in [0.29, 0.717) is 0 Å². The molecule has 110 valence electrons. The smallest absolute Gasteiger partial charge is 0.0912 e. The van der Waals surface area contributed by atoms with E-state index in [1.165, 1.54) is 70.6 Å². The molecule has 0 saturated heterocycles. The van der Waals surface area contributed by atoms with E-state index in [1.54, 1.807) is 7.05 Å². The summed E-state index contributed by atoms with van der Waals surface area (Å²) in [6, 6.07) is 0. The van der Waals surface area contributed by atoms with E-state index in [9.17, 15) is 4.21 Å². The molecule has 0 aliphatic carbocycles. The molecular formula is C15H33NOS. The van der Waals surface area contributed by atoms with Gasteiger partial charge in [-0.1, -0.05) is 77.6 Å². The second-order valence-corrected chi connectivity index (χ2v) is 6.65. The first-order chi connectivity index (χ1) is 8.81. The third kappa shape index (κ3) is 14.2. The monoisotopic (exact) mass is 275 g/mol. The van der Waals surface area contributed by atoms with Crippen LogP contribution in [0.2, 0.25) is 0 Å². The molecule has 0 aromatic heterocycles. The van der Waals surface area contributed by atoms with Crippen molar-refractivity contribution in [3.05, 3.63) is 0 Å². The molecule has 18 heavy (non-hydrogen) atoms. The molecule has 2 nitrogen and oxygen atoms in total. The molecule has 3 heteroatoms. The van der Waals surface area contributed by atoms with Crippen molar-refractivity contribution in [2.75, 3.05) is 12.8 Å². The van der Waals surface area contributed by atoms with Gasteiger partial charge in [-0.15, -0.1) is 0 Å². The van der Waals surface area contributed by atoms with Crippen LogP contribution >= 0.6 is 0 Å². The average Bonchev–Trinajstić information content (AvgIpc) is 2.39. The van der Waals surface area contributed by atoms with Crippen LogP contribution in [-0.4, -0.2) is 17.0 Å². The topological polar surface area (TPSA) is 29.1 Å². The van der Waals surface area contributed by atoms with Gasteiger partial charge in [0, 0.05) is 5.75 Å². The molecule has 0 spiro atoms. The van der Waals surface area contributed by atoms with E-state index in [4.69, 9.17) is 0 Å². The second-order valence-electron chi connectivity index (χ2n) is 5.14. The predicted molar refractivity (Wildman–Crippen MR) is 83.1 cm³/mol. The quantitative estimate of drug-likeness (QED) is 0.462. The van der Waals surface area contributed by atoms with Crippen LogP contribution in [0.3, 0.4) is 0 Å². The zero-order valence-corrected chi connectivity index (χ0v) is 13.3. The third-order valence-electron chi connectivity index (χ3n) is 3.41. The number of rotatable bonds is 14. The summed E-state index contributed by atoms with van der Waals surface area (Å²) in [5.74, 6) is 0.813. The molecule has 1 N–H and O–H groups in total. The van der Waals surface area contributed by atoms with Gasteiger partial charge in [0.05, 0.1) is 11.0 Å². The van der Waals surface area contributed by atoms with E-state index in [2.05, 4.69) is 11.6 Å². The highest BCUT2D eigenvalue weighted by Gasteiger charge is 1.96. The summed E-state index contributed by atoms with van der Waals surface area (Å²) in [7, 11) is 0.969. The Morgan fingerprint density at radius 1 is 0.722 bits per heavy atom.